The Labute approximate surface area is 91.5 Å². The Morgan fingerprint density at radius 1 is 1.20 bits per heavy atom. The van der Waals surface area contributed by atoms with Crippen LogP contribution in [-0.4, -0.2) is 0 Å². The SMILES string of the molecule is NC(c1ccc(F)cc1)c1ccoc1Cl. The second-order valence-corrected chi connectivity index (χ2v) is 3.52. The number of nitrogens with two attached hydrogens (primary N) is 1. The van der Waals surface area contributed by atoms with Gasteiger partial charge in [0.2, 0.25) is 0 Å². The highest BCUT2D eigenvalue weighted by Crippen LogP contribution is 2.27. The maximum absolute atomic E-state index is 12.7. The summed E-state index contributed by atoms with van der Waals surface area (Å²) in [4.78, 5) is 0. The fourth-order valence-electron chi connectivity index (χ4n) is 1.38. The molecule has 1 unspecified atom stereocenters. The van der Waals surface area contributed by atoms with Crippen LogP contribution in [0, 0.1) is 5.82 Å². The molecule has 0 amide bonds. The van der Waals surface area contributed by atoms with Crippen molar-refractivity contribution in [2.45, 2.75) is 6.04 Å². The molecular formula is C11H9ClFNO. The summed E-state index contributed by atoms with van der Waals surface area (Å²) in [5, 5.41) is 0.270. The lowest BCUT2D eigenvalue weighted by molar-refractivity contribution is 0.564. The van der Waals surface area contributed by atoms with E-state index in [1.807, 2.05) is 0 Å². The summed E-state index contributed by atoms with van der Waals surface area (Å²) >= 11 is 5.80. The van der Waals surface area contributed by atoms with Crippen molar-refractivity contribution in [1.82, 2.24) is 0 Å². The maximum Gasteiger partial charge on any atom is 0.198 e. The molecule has 2 nitrogen and oxygen atoms in total. The summed E-state index contributed by atoms with van der Waals surface area (Å²) in [5.41, 5.74) is 7.43. The lowest BCUT2D eigenvalue weighted by Gasteiger charge is -2.09. The molecule has 1 aromatic heterocycles. The van der Waals surface area contributed by atoms with Gasteiger partial charge in [0, 0.05) is 5.56 Å². The Hall–Kier alpha value is -1.32. The molecule has 4 heteroatoms. The number of furan rings is 1. The van der Waals surface area contributed by atoms with E-state index in [1.165, 1.54) is 18.4 Å². The van der Waals surface area contributed by atoms with Crippen LogP contribution in [0.25, 0.3) is 0 Å². The minimum atomic E-state index is -0.392. The van der Waals surface area contributed by atoms with Crippen LogP contribution in [0.4, 0.5) is 4.39 Å². The first-order valence-electron chi connectivity index (χ1n) is 4.42. The largest absolute Gasteiger partial charge is 0.453 e. The van der Waals surface area contributed by atoms with Crippen LogP contribution in [0.15, 0.2) is 41.0 Å². The van der Waals surface area contributed by atoms with Crippen LogP contribution < -0.4 is 5.73 Å². The van der Waals surface area contributed by atoms with E-state index in [4.69, 9.17) is 21.8 Å². The second kappa shape index (κ2) is 4.04. The van der Waals surface area contributed by atoms with Crippen molar-refractivity contribution in [3.8, 4) is 0 Å². The topological polar surface area (TPSA) is 39.2 Å². The van der Waals surface area contributed by atoms with E-state index in [2.05, 4.69) is 0 Å². The van der Waals surface area contributed by atoms with E-state index in [0.717, 1.165) is 5.56 Å². The predicted molar refractivity (Wildman–Crippen MR) is 56.1 cm³/mol. The van der Waals surface area contributed by atoms with E-state index in [9.17, 15) is 4.39 Å². The molecular weight excluding hydrogens is 217 g/mol. The Bertz CT molecular complexity index is 452. The van der Waals surface area contributed by atoms with Crippen molar-refractivity contribution in [1.29, 1.82) is 0 Å². The van der Waals surface area contributed by atoms with Crippen molar-refractivity contribution in [2.24, 2.45) is 5.73 Å². The Morgan fingerprint density at radius 3 is 2.40 bits per heavy atom. The quantitative estimate of drug-likeness (QED) is 0.853. The first-order chi connectivity index (χ1) is 7.18. The standard InChI is InChI=1S/C11H9ClFNO/c12-11-9(5-6-15-11)10(14)7-1-3-8(13)4-2-7/h1-6,10H,14H2. The molecule has 0 saturated carbocycles. The zero-order chi connectivity index (χ0) is 10.8. The molecule has 0 radical (unpaired) electrons. The Morgan fingerprint density at radius 2 is 1.87 bits per heavy atom. The second-order valence-electron chi connectivity index (χ2n) is 3.18. The molecule has 0 saturated heterocycles. The van der Waals surface area contributed by atoms with Crippen LogP contribution in [0.1, 0.15) is 17.2 Å². The summed E-state index contributed by atoms with van der Waals surface area (Å²) in [6.45, 7) is 0. The van der Waals surface area contributed by atoms with E-state index in [1.54, 1.807) is 18.2 Å². The van der Waals surface area contributed by atoms with E-state index >= 15 is 0 Å². The third kappa shape index (κ3) is 2.03. The minimum Gasteiger partial charge on any atom is -0.453 e. The first-order valence-corrected chi connectivity index (χ1v) is 4.80. The lowest BCUT2D eigenvalue weighted by atomic mass is 10.0. The average Bonchev–Trinajstić information content (AvgIpc) is 2.65. The van der Waals surface area contributed by atoms with Gasteiger partial charge < -0.3 is 10.2 Å². The number of benzene rings is 1. The highest BCUT2D eigenvalue weighted by Gasteiger charge is 2.14. The van der Waals surface area contributed by atoms with E-state index < -0.39 is 6.04 Å². The van der Waals surface area contributed by atoms with Crippen LogP contribution >= 0.6 is 11.6 Å². The van der Waals surface area contributed by atoms with E-state index in [0.29, 0.717) is 5.56 Å². The zero-order valence-electron chi connectivity index (χ0n) is 7.78. The molecule has 0 fully saturated rings. The highest BCUT2D eigenvalue weighted by atomic mass is 35.5. The van der Waals surface area contributed by atoms with Crippen molar-refractivity contribution >= 4 is 11.6 Å². The van der Waals surface area contributed by atoms with Crippen LogP contribution in [0.5, 0.6) is 0 Å². The first kappa shape index (κ1) is 10.2. The number of hydrogen-bond donors (Lipinski definition) is 1. The molecule has 1 heterocycles. The van der Waals surface area contributed by atoms with Gasteiger partial charge in [-0.15, -0.1) is 0 Å². The molecule has 0 aliphatic rings. The van der Waals surface area contributed by atoms with Gasteiger partial charge >= 0.3 is 0 Å². The maximum atomic E-state index is 12.7. The summed E-state index contributed by atoms with van der Waals surface area (Å²) in [7, 11) is 0. The van der Waals surface area contributed by atoms with Gasteiger partial charge in [-0.05, 0) is 35.4 Å². The molecule has 1 aromatic carbocycles. The Kier molecular flexibility index (Phi) is 2.75. The number of hydrogen-bond acceptors (Lipinski definition) is 2. The molecule has 15 heavy (non-hydrogen) atoms. The van der Waals surface area contributed by atoms with Gasteiger partial charge in [-0.25, -0.2) is 4.39 Å². The van der Waals surface area contributed by atoms with Gasteiger partial charge in [0.25, 0.3) is 0 Å². The average molecular weight is 226 g/mol. The number of rotatable bonds is 2. The predicted octanol–water partition coefficient (Wildman–Crippen LogP) is 3.12. The molecule has 1 atom stereocenters. The highest BCUT2D eigenvalue weighted by molar-refractivity contribution is 6.29. The molecule has 0 aliphatic carbocycles. The fraction of sp³-hybridized carbons (Fsp3) is 0.0909. The van der Waals surface area contributed by atoms with Crippen LogP contribution in [0.2, 0.25) is 5.22 Å². The monoisotopic (exact) mass is 225 g/mol. The van der Waals surface area contributed by atoms with Crippen molar-refractivity contribution in [3.63, 3.8) is 0 Å². The molecule has 2 N–H and O–H groups in total. The third-order valence-electron chi connectivity index (χ3n) is 2.21. The van der Waals surface area contributed by atoms with Crippen LogP contribution in [0.3, 0.4) is 0 Å². The molecule has 2 rings (SSSR count). The molecule has 2 aromatic rings. The minimum absolute atomic E-state index is 0.270. The summed E-state index contributed by atoms with van der Waals surface area (Å²) in [6.07, 6.45) is 1.47. The lowest BCUT2D eigenvalue weighted by Crippen LogP contribution is -2.11. The molecule has 0 aliphatic heterocycles. The number of halogens is 2. The van der Waals surface area contributed by atoms with Gasteiger partial charge in [0.1, 0.15) is 5.82 Å². The normalized spacial score (nSPS) is 12.7. The van der Waals surface area contributed by atoms with Crippen molar-refractivity contribution in [3.05, 3.63) is 58.8 Å². The van der Waals surface area contributed by atoms with Gasteiger partial charge in [-0.2, -0.15) is 0 Å². The summed E-state index contributed by atoms with van der Waals surface area (Å²) in [6, 6.07) is 7.30. The van der Waals surface area contributed by atoms with Gasteiger partial charge in [-0.3, -0.25) is 0 Å². The van der Waals surface area contributed by atoms with Gasteiger partial charge in [-0.1, -0.05) is 12.1 Å². The fourth-order valence-corrected chi connectivity index (χ4v) is 1.61. The smallest absolute Gasteiger partial charge is 0.198 e. The van der Waals surface area contributed by atoms with Crippen LogP contribution in [-0.2, 0) is 0 Å². The molecule has 0 spiro atoms. The van der Waals surface area contributed by atoms with Crippen molar-refractivity contribution in [2.75, 3.05) is 0 Å². The summed E-state index contributed by atoms with van der Waals surface area (Å²) in [5.74, 6) is -0.288. The van der Waals surface area contributed by atoms with E-state index in [-0.39, 0.29) is 11.0 Å². The summed E-state index contributed by atoms with van der Waals surface area (Å²) < 4.78 is 17.6. The molecule has 78 valence electrons. The van der Waals surface area contributed by atoms with Gasteiger partial charge in [0.15, 0.2) is 5.22 Å². The third-order valence-corrected chi connectivity index (χ3v) is 2.52. The Balaban J connectivity index is 2.32. The molecule has 0 bridgehead atoms. The van der Waals surface area contributed by atoms with Gasteiger partial charge in [0.05, 0.1) is 12.3 Å². The van der Waals surface area contributed by atoms with Crippen molar-refractivity contribution < 1.29 is 8.81 Å². The zero-order valence-corrected chi connectivity index (χ0v) is 8.54.